The van der Waals surface area contributed by atoms with Crippen molar-refractivity contribution in [3.8, 4) is 0 Å². The summed E-state index contributed by atoms with van der Waals surface area (Å²) in [5.41, 5.74) is 2.04. The smallest absolute Gasteiger partial charge is 0.271 e. The normalized spacial score (nSPS) is 22.1. The zero-order chi connectivity index (χ0) is 23.3. The molecule has 0 unspecified atom stereocenters. The van der Waals surface area contributed by atoms with Crippen LogP contribution in [-0.2, 0) is 14.4 Å². The Labute approximate surface area is 187 Å². The fourth-order valence-corrected chi connectivity index (χ4v) is 4.43. The van der Waals surface area contributed by atoms with E-state index in [1.165, 1.54) is 36.4 Å². The van der Waals surface area contributed by atoms with Crippen molar-refractivity contribution in [3.05, 3.63) is 99.9 Å². The van der Waals surface area contributed by atoms with E-state index in [1.54, 1.807) is 17.2 Å². The van der Waals surface area contributed by atoms with Gasteiger partial charge in [-0.05, 0) is 42.3 Å². The van der Waals surface area contributed by atoms with Crippen LogP contribution in [0.15, 0.2) is 72.8 Å². The third kappa shape index (κ3) is 3.33. The van der Waals surface area contributed by atoms with Gasteiger partial charge in [-0.3, -0.25) is 24.5 Å². The molecule has 2 saturated heterocycles. The first-order chi connectivity index (χ1) is 15.9. The minimum absolute atomic E-state index is 0.109. The van der Waals surface area contributed by atoms with Gasteiger partial charge in [-0.25, -0.2) is 14.4 Å². The number of nitrogens with zero attached hydrogens (tertiary/aromatic N) is 3. The Morgan fingerprint density at radius 1 is 0.970 bits per heavy atom. The van der Waals surface area contributed by atoms with Crippen molar-refractivity contribution in [2.75, 3.05) is 9.96 Å². The molecule has 2 aliphatic rings. The second-order valence-corrected chi connectivity index (χ2v) is 7.95. The summed E-state index contributed by atoms with van der Waals surface area (Å²) >= 11 is 0. The summed E-state index contributed by atoms with van der Waals surface area (Å²) < 4.78 is 13.6. The number of hydroxylamine groups is 1. The van der Waals surface area contributed by atoms with Crippen LogP contribution in [0, 0.1) is 28.8 Å². The van der Waals surface area contributed by atoms with E-state index in [0.29, 0.717) is 11.3 Å². The first-order valence-electron chi connectivity index (χ1n) is 10.3. The van der Waals surface area contributed by atoms with Gasteiger partial charge in [-0.2, -0.15) is 0 Å². The number of rotatable bonds is 4. The molecule has 3 atom stereocenters. The van der Waals surface area contributed by atoms with Crippen LogP contribution in [0.2, 0.25) is 0 Å². The number of hydrogen-bond donors (Lipinski definition) is 0. The number of carbonyl (C=O) groups is 2. The van der Waals surface area contributed by atoms with Gasteiger partial charge in [0, 0.05) is 12.1 Å². The molecule has 0 bridgehead atoms. The van der Waals surface area contributed by atoms with Gasteiger partial charge in [0.2, 0.25) is 5.91 Å². The lowest BCUT2D eigenvalue weighted by atomic mass is 9.90. The van der Waals surface area contributed by atoms with Crippen LogP contribution in [0.1, 0.15) is 17.2 Å². The zero-order valence-electron chi connectivity index (χ0n) is 17.4. The third-order valence-electron chi connectivity index (χ3n) is 5.98. The van der Waals surface area contributed by atoms with Gasteiger partial charge in [-0.1, -0.05) is 36.4 Å². The van der Waals surface area contributed by atoms with E-state index in [1.807, 2.05) is 31.2 Å². The molecular weight excluding hydrogens is 429 g/mol. The predicted octanol–water partition coefficient (Wildman–Crippen LogP) is 4.09. The summed E-state index contributed by atoms with van der Waals surface area (Å²) in [5.74, 6) is -2.48. The summed E-state index contributed by atoms with van der Waals surface area (Å²) in [6.07, 6.45) is -1.12. The Morgan fingerprint density at radius 3 is 2.39 bits per heavy atom. The first-order valence-corrected chi connectivity index (χ1v) is 10.3. The van der Waals surface area contributed by atoms with Crippen LogP contribution >= 0.6 is 0 Å². The maximum absolute atomic E-state index is 13.6. The Bertz CT molecular complexity index is 1280. The number of aryl methyl sites for hydroxylation is 1. The number of halogens is 1. The molecule has 5 rings (SSSR count). The molecular formula is C24H18FN3O5. The Balaban J connectivity index is 1.59. The fourth-order valence-electron chi connectivity index (χ4n) is 4.43. The number of para-hydroxylation sites is 1. The minimum Gasteiger partial charge on any atom is -0.273 e. The van der Waals surface area contributed by atoms with Crippen molar-refractivity contribution in [2.45, 2.75) is 19.1 Å². The van der Waals surface area contributed by atoms with E-state index < -0.39 is 40.6 Å². The number of non-ortho nitro benzene ring substituents is 1. The quantitative estimate of drug-likeness (QED) is 0.340. The summed E-state index contributed by atoms with van der Waals surface area (Å²) in [7, 11) is 0. The Kier molecular flexibility index (Phi) is 4.90. The van der Waals surface area contributed by atoms with E-state index in [-0.39, 0.29) is 11.4 Å². The van der Waals surface area contributed by atoms with Gasteiger partial charge in [0.15, 0.2) is 6.10 Å². The number of hydrogen-bond acceptors (Lipinski definition) is 6. The van der Waals surface area contributed by atoms with Crippen LogP contribution in [0.5, 0.6) is 0 Å². The van der Waals surface area contributed by atoms with E-state index in [9.17, 15) is 24.1 Å². The average Bonchev–Trinajstić information content (AvgIpc) is 3.30. The highest BCUT2D eigenvalue weighted by atomic mass is 19.1. The third-order valence-corrected chi connectivity index (χ3v) is 5.98. The maximum Gasteiger partial charge on any atom is 0.271 e. The summed E-state index contributed by atoms with van der Waals surface area (Å²) in [5, 5.41) is 12.7. The molecule has 2 fully saturated rings. The molecule has 2 amide bonds. The van der Waals surface area contributed by atoms with Crippen LogP contribution in [0.25, 0.3) is 0 Å². The SMILES string of the molecule is Cc1ccccc1N1O[C@H]2C(=O)N(c3cccc([N+](=O)[O-])c3)C(=O)[C@@H]2[C@@H]1c1ccc(F)cc1. The number of amides is 2. The molecule has 2 aliphatic heterocycles. The standard InChI is InChI=1S/C24H18FN3O5/c1-14-5-2-3-8-19(14)27-21(15-9-11-16(25)12-10-15)20-22(33-27)24(30)26(23(20)29)17-6-4-7-18(13-17)28(31)32/h2-13,20-22H,1H3/t20-,21+,22-/m1/s1. The number of benzene rings is 3. The van der Waals surface area contributed by atoms with Gasteiger partial charge in [-0.15, -0.1) is 0 Å². The second-order valence-electron chi connectivity index (χ2n) is 7.95. The molecule has 9 heteroatoms. The molecule has 3 aromatic rings. The topological polar surface area (TPSA) is 93.0 Å². The Morgan fingerprint density at radius 2 is 1.70 bits per heavy atom. The molecule has 0 aliphatic carbocycles. The van der Waals surface area contributed by atoms with E-state index in [0.717, 1.165) is 10.5 Å². The molecule has 33 heavy (non-hydrogen) atoms. The highest BCUT2D eigenvalue weighted by molar-refractivity contribution is 6.24. The van der Waals surface area contributed by atoms with Crippen molar-refractivity contribution >= 4 is 28.9 Å². The van der Waals surface area contributed by atoms with Crippen LogP contribution in [0.4, 0.5) is 21.5 Å². The van der Waals surface area contributed by atoms with Crippen molar-refractivity contribution in [3.63, 3.8) is 0 Å². The number of nitro groups is 1. The minimum atomic E-state index is -1.12. The van der Waals surface area contributed by atoms with E-state index in [4.69, 9.17) is 4.84 Å². The summed E-state index contributed by atoms with van der Waals surface area (Å²) in [4.78, 5) is 44.4. The first kappa shape index (κ1) is 20.8. The van der Waals surface area contributed by atoms with E-state index in [2.05, 4.69) is 0 Å². The number of carbonyl (C=O) groups excluding carboxylic acids is 2. The second kappa shape index (κ2) is 7.79. The van der Waals surface area contributed by atoms with Crippen LogP contribution in [0.3, 0.4) is 0 Å². The molecule has 0 saturated carbocycles. The largest absolute Gasteiger partial charge is 0.273 e. The fraction of sp³-hybridized carbons (Fsp3) is 0.167. The predicted molar refractivity (Wildman–Crippen MR) is 117 cm³/mol. The van der Waals surface area contributed by atoms with Gasteiger partial charge in [0.25, 0.3) is 11.6 Å². The maximum atomic E-state index is 13.6. The highest BCUT2D eigenvalue weighted by Gasteiger charge is 2.60. The van der Waals surface area contributed by atoms with Crippen molar-refractivity contribution < 1.29 is 23.7 Å². The number of nitro benzene ring substituents is 1. The highest BCUT2D eigenvalue weighted by Crippen LogP contribution is 2.48. The number of anilines is 2. The van der Waals surface area contributed by atoms with Crippen LogP contribution in [-0.4, -0.2) is 22.8 Å². The number of fused-ring (bicyclic) bond motifs is 1. The molecule has 0 aromatic heterocycles. The lowest BCUT2D eigenvalue weighted by Gasteiger charge is -2.29. The molecule has 3 aromatic carbocycles. The summed E-state index contributed by atoms with van der Waals surface area (Å²) in [6.45, 7) is 1.88. The van der Waals surface area contributed by atoms with Gasteiger partial charge < -0.3 is 0 Å². The van der Waals surface area contributed by atoms with Gasteiger partial charge in [0.1, 0.15) is 11.7 Å². The number of imide groups is 1. The van der Waals surface area contributed by atoms with Crippen molar-refractivity contribution in [1.82, 2.24) is 0 Å². The molecule has 0 radical (unpaired) electrons. The molecule has 8 nitrogen and oxygen atoms in total. The average molecular weight is 447 g/mol. The Hall–Kier alpha value is -4.11. The molecule has 166 valence electrons. The van der Waals surface area contributed by atoms with Crippen molar-refractivity contribution in [2.24, 2.45) is 5.92 Å². The molecule has 0 N–H and O–H groups in total. The van der Waals surface area contributed by atoms with Gasteiger partial charge >= 0.3 is 0 Å². The van der Waals surface area contributed by atoms with E-state index >= 15 is 0 Å². The lowest BCUT2D eigenvalue weighted by Crippen LogP contribution is -2.37. The molecule has 0 spiro atoms. The lowest BCUT2D eigenvalue weighted by molar-refractivity contribution is -0.384. The zero-order valence-corrected chi connectivity index (χ0v) is 17.4. The molecule has 2 heterocycles. The monoisotopic (exact) mass is 447 g/mol. The van der Waals surface area contributed by atoms with Crippen LogP contribution < -0.4 is 9.96 Å². The van der Waals surface area contributed by atoms with Crippen molar-refractivity contribution in [1.29, 1.82) is 0 Å². The van der Waals surface area contributed by atoms with Gasteiger partial charge in [0.05, 0.1) is 22.3 Å². The summed E-state index contributed by atoms with van der Waals surface area (Å²) in [6, 6.07) is 17.7.